The van der Waals surface area contributed by atoms with Crippen LogP contribution in [0.2, 0.25) is 0 Å². The molecule has 1 aliphatic rings. The third kappa shape index (κ3) is 3.54. The van der Waals surface area contributed by atoms with Gasteiger partial charge in [0.15, 0.2) is 0 Å². The average molecular weight is 275 g/mol. The Labute approximate surface area is 123 Å². The molecule has 2 rings (SSSR count). The van der Waals surface area contributed by atoms with E-state index in [0.717, 1.165) is 24.0 Å². The van der Waals surface area contributed by atoms with Gasteiger partial charge in [-0.25, -0.2) is 0 Å². The fourth-order valence-electron chi connectivity index (χ4n) is 3.31. The van der Waals surface area contributed by atoms with Crippen LogP contribution in [0.25, 0.3) is 0 Å². The molecule has 3 atom stereocenters. The van der Waals surface area contributed by atoms with Gasteiger partial charge >= 0.3 is 0 Å². The van der Waals surface area contributed by atoms with Crippen molar-refractivity contribution in [3.8, 4) is 5.75 Å². The zero-order chi connectivity index (χ0) is 14.7. The summed E-state index contributed by atoms with van der Waals surface area (Å²) in [5, 5.41) is 0. The fraction of sp³-hybridized carbons (Fsp3) is 0.667. The molecule has 1 aliphatic carbocycles. The van der Waals surface area contributed by atoms with Gasteiger partial charge in [0.05, 0.1) is 6.10 Å². The maximum atomic E-state index is 6.34. The molecular weight excluding hydrogens is 246 g/mol. The Bertz CT molecular complexity index is 432. The first kappa shape index (κ1) is 15.4. The van der Waals surface area contributed by atoms with Gasteiger partial charge in [0, 0.05) is 0 Å². The van der Waals surface area contributed by atoms with Gasteiger partial charge < -0.3 is 10.5 Å². The van der Waals surface area contributed by atoms with Crippen molar-refractivity contribution in [2.45, 2.75) is 59.5 Å². The first-order chi connectivity index (χ1) is 9.51. The van der Waals surface area contributed by atoms with Crippen LogP contribution in [0.3, 0.4) is 0 Å². The lowest BCUT2D eigenvalue weighted by Crippen LogP contribution is -2.29. The van der Waals surface area contributed by atoms with Crippen molar-refractivity contribution in [1.82, 2.24) is 0 Å². The van der Waals surface area contributed by atoms with E-state index < -0.39 is 0 Å². The number of nitrogens with two attached hydrogens (primary N) is 1. The lowest BCUT2D eigenvalue weighted by Gasteiger charge is -2.33. The van der Waals surface area contributed by atoms with E-state index in [9.17, 15) is 0 Å². The Morgan fingerprint density at radius 1 is 1.10 bits per heavy atom. The quantitative estimate of drug-likeness (QED) is 0.901. The largest absolute Gasteiger partial charge is 0.490 e. The lowest BCUT2D eigenvalue weighted by molar-refractivity contribution is 0.0993. The van der Waals surface area contributed by atoms with Crippen LogP contribution in [0, 0.1) is 25.7 Å². The van der Waals surface area contributed by atoms with Gasteiger partial charge in [0.25, 0.3) is 0 Å². The van der Waals surface area contributed by atoms with E-state index in [1.54, 1.807) is 0 Å². The molecule has 1 saturated carbocycles. The molecule has 0 aliphatic heterocycles. The van der Waals surface area contributed by atoms with E-state index in [2.05, 4.69) is 39.8 Å². The Morgan fingerprint density at radius 3 is 2.30 bits per heavy atom. The maximum Gasteiger partial charge on any atom is 0.125 e. The van der Waals surface area contributed by atoms with Crippen LogP contribution >= 0.6 is 0 Å². The Kier molecular flexibility index (Phi) is 5.09. The third-order valence-electron chi connectivity index (χ3n) is 4.79. The van der Waals surface area contributed by atoms with E-state index in [4.69, 9.17) is 10.5 Å². The van der Waals surface area contributed by atoms with Crippen molar-refractivity contribution in [3.05, 3.63) is 28.8 Å². The highest BCUT2D eigenvalue weighted by atomic mass is 16.5. The number of ether oxygens (including phenoxy) is 1. The Balaban J connectivity index is 2.09. The zero-order valence-electron chi connectivity index (χ0n) is 13.4. The molecule has 20 heavy (non-hydrogen) atoms. The molecule has 0 aromatic heterocycles. The second kappa shape index (κ2) is 6.62. The normalized spacial score (nSPS) is 26.6. The van der Waals surface area contributed by atoms with Crippen LogP contribution in [-0.2, 0) is 6.42 Å². The minimum absolute atomic E-state index is 0.388. The topological polar surface area (TPSA) is 35.2 Å². The summed E-state index contributed by atoms with van der Waals surface area (Å²) in [5.74, 6) is 2.70. The van der Waals surface area contributed by atoms with Crippen LogP contribution < -0.4 is 10.5 Å². The van der Waals surface area contributed by atoms with Gasteiger partial charge in [-0.05, 0) is 74.6 Å². The van der Waals surface area contributed by atoms with E-state index in [0.29, 0.717) is 12.6 Å². The molecule has 0 amide bonds. The van der Waals surface area contributed by atoms with Crippen LogP contribution in [0.1, 0.15) is 49.8 Å². The molecule has 3 unspecified atom stereocenters. The highest BCUT2D eigenvalue weighted by Crippen LogP contribution is 2.34. The molecule has 2 N–H and O–H groups in total. The molecule has 2 heteroatoms. The van der Waals surface area contributed by atoms with Gasteiger partial charge in [0.2, 0.25) is 0 Å². The summed E-state index contributed by atoms with van der Waals surface area (Å²) in [5.41, 5.74) is 9.46. The van der Waals surface area contributed by atoms with Crippen molar-refractivity contribution < 1.29 is 4.74 Å². The van der Waals surface area contributed by atoms with Crippen LogP contribution in [-0.4, -0.2) is 12.6 Å². The average Bonchev–Trinajstić information content (AvgIpc) is 2.38. The molecule has 1 aromatic carbocycles. The SMILES string of the molecule is Cc1cc(CCN)cc(C)c1OC1CCC(C)C(C)C1. The van der Waals surface area contributed by atoms with E-state index in [1.165, 1.54) is 36.0 Å². The Hall–Kier alpha value is -1.02. The number of aryl methyl sites for hydroxylation is 2. The smallest absolute Gasteiger partial charge is 0.125 e. The number of rotatable bonds is 4. The number of hydrogen-bond acceptors (Lipinski definition) is 2. The fourth-order valence-corrected chi connectivity index (χ4v) is 3.31. The van der Waals surface area contributed by atoms with E-state index in [1.807, 2.05) is 0 Å². The van der Waals surface area contributed by atoms with E-state index >= 15 is 0 Å². The van der Waals surface area contributed by atoms with Crippen molar-refractivity contribution in [2.75, 3.05) is 6.54 Å². The summed E-state index contributed by atoms with van der Waals surface area (Å²) in [6, 6.07) is 4.45. The van der Waals surface area contributed by atoms with Crippen molar-refractivity contribution in [3.63, 3.8) is 0 Å². The van der Waals surface area contributed by atoms with Crippen molar-refractivity contribution in [1.29, 1.82) is 0 Å². The first-order valence-electron chi connectivity index (χ1n) is 7.98. The molecule has 0 heterocycles. The highest BCUT2D eigenvalue weighted by Gasteiger charge is 2.26. The Morgan fingerprint density at radius 2 is 1.75 bits per heavy atom. The summed E-state index contributed by atoms with van der Waals surface area (Å²) in [6.07, 6.45) is 4.99. The van der Waals surface area contributed by atoms with Gasteiger partial charge in [-0.3, -0.25) is 0 Å². The molecular formula is C18H29NO. The summed E-state index contributed by atoms with van der Waals surface area (Å²) < 4.78 is 6.34. The second-order valence-electron chi connectivity index (χ2n) is 6.60. The lowest BCUT2D eigenvalue weighted by atomic mass is 9.80. The summed E-state index contributed by atoms with van der Waals surface area (Å²) in [7, 11) is 0. The van der Waals surface area contributed by atoms with Gasteiger partial charge in [-0.15, -0.1) is 0 Å². The van der Waals surface area contributed by atoms with Crippen LogP contribution in [0.5, 0.6) is 5.75 Å². The monoisotopic (exact) mass is 275 g/mol. The van der Waals surface area contributed by atoms with Crippen LogP contribution in [0.15, 0.2) is 12.1 Å². The summed E-state index contributed by atoms with van der Waals surface area (Å²) in [4.78, 5) is 0. The highest BCUT2D eigenvalue weighted by molar-refractivity contribution is 5.43. The zero-order valence-corrected chi connectivity index (χ0v) is 13.4. The maximum absolute atomic E-state index is 6.34. The minimum atomic E-state index is 0.388. The molecule has 2 nitrogen and oxygen atoms in total. The van der Waals surface area contributed by atoms with Gasteiger partial charge in [0.1, 0.15) is 5.75 Å². The third-order valence-corrected chi connectivity index (χ3v) is 4.79. The van der Waals surface area contributed by atoms with Gasteiger partial charge in [-0.2, -0.15) is 0 Å². The number of hydrogen-bond donors (Lipinski definition) is 1. The van der Waals surface area contributed by atoms with Crippen LogP contribution in [0.4, 0.5) is 0 Å². The summed E-state index contributed by atoms with van der Waals surface area (Å²) >= 11 is 0. The molecule has 0 saturated heterocycles. The molecule has 0 radical (unpaired) electrons. The van der Waals surface area contributed by atoms with Gasteiger partial charge in [-0.1, -0.05) is 26.0 Å². The molecule has 1 aromatic rings. The van der Waals surface area contributed by atoms with Crippen molar-refractivity contribution in [2.24, 2.45) is 17.6 Å². The molecule has 0 spiro atoms. The summed E-state index contributed by atoms with van der Waals surface area (Å²) in [6.45, 7) is 9.72. The standard InChI is InChI=1S/C18H29NO/c1-12-5-6-17(11-13(12)2)20-18-14(3)9-16(7-8-19)10-15(18)4/h9-10,12-13,17H,5-8,11,19H2,1-4H3. The van der Waals surface area contributed by atoms with E-state index in [-0.39, 0.29) is 0 Å². The predicted molar refractivity (Wildman–Crippen MR) is 85.3 cm³/mol. The predicted octanol–water partition coefficient (Wildman–Crippen LogP) is 4.01. The van der Waals surface area contributed by atoms with Crippen molar-refractivity contribution >= 4 is 0 Å². The molecule has 1 fully saturated rings. The first-order valence-corrected chi connectivity index (χ1v) is 7.98. The molecule has 0 bridgehead atoms. The molecule has 112 valence electrons. The number of benzene rings is 1. The second-order valence-corrected chi connectivity index (χ2v) is 6.60. The minimum Gasteiger partial charge on any atom is -0.490 e.